The number of ether oxygens (including phenoxy) is 5. The Bertz CT molecular complexity index is 726. The summed E-state index contributed by atoms with van der Waals surface area (Å²) in [6, 6.07) is 9.74. The predicted octanol–water partition coefficient (Wildman–Crippen LogP) is 3.27. The average Bonchev–Trinajstić information content (AvgIpc) is 3.02. The van der Waals surface area contributed by atoms with Crippen LogP contribution in [-0.4, -0.2) is 34.5 Å². The summed E-state index contributed by atoms with van der Waals surface area (Å²) >= 11 is 0. The van der Waals surface area contributed by atoms with Crippen LogP contribution in [0, 0.1) is 0 Å². The van der Waals surface area contributed by atoms with Crippen LogP contribution < -0.4 is 23.7 Å². The Hall–Kier alpha value is -2.56. The normalized spacial score (nSPS) is 15.4. The van der Waals surface area contributed by atoms with Gasteiger partial charge in [-0.1, -0.05) is 6.07 Å². The molecule has 1 aliphatic heterocycles. The molecule has 0 saturated heterocycles. The molecule has 1 heterocycles. The Kier molecular flexibility index (Phi) is 4.69. The first-order chi connectivity index (χ1) is 11.7. The van der Waals surface area contributed by atoms with Crippen LogP contribution in [0.4, 0.5) is 0 Å². The molecule has 2 aromatic rings. The van der Waals surface area contributed by atoms with Gasteiger partial charge in [0.25, 0.3) is 0 Å². The Morgan fingerprint density at radius 2 is 1.62 bits per heavy atom. The van der Waals surface area contributed by atoms with Gasteiger partial charge in [-0.2, -0.15) is 0 Å². The molecule has 1 unspecified atom stereocenters. The first-order valence-electron chi connectivity index (χ1n) is 7.81. The highest BCUT2D eigenvalue weighted by Gasteiger charge is 2.27. The van der Waals surface area contributed by atoms with Crippen molar-refractivity contribution >= 4 is 0 Å². The summed E-state index contributed by atoms with van der Waals surface area (Å²) in [5.74, 6) is 3.82. The lowest BCUT2D eigenvalue weighted by Gasteiger charge is -2.13. The zero-order valence-corrected chi connectivity index (χ0v) is 14.4. The molecule has 1 aliphatic rings. The Morgan fingerprint density at radius 3 is 2.29 bits per heavy atom. The minimum absolute atomic E-state index is 0.0547. The molecule has 24 heavy (non-hydrogen) atoms. The summed E-state index contributed by atoms with van der Waals surface area (Å²) < 4.78 is 27.5. The van der Waals surface area contributed by atoms with E-state index in [1.54, 1.807) is 28.4 Å². The standard InChI is InChI=1S/C19H22O5/c1-20-13-10-17(22-3)15-9-14(24-18(15)11-13)7-12-5-6-16(21-2)19(8-12)23-4/h5-6,8,10-11,14H,7,9H2,1-4H3. The van der Waals surface area contributed by atoms with Gasteiger partial charge in [0.2, 0.25) is 0 Å². The molecule has 0 N–H and O–H groups in total. The van der Waals surface area contributed by atoms with Crippen molar-refractivity contribution in [1.82, 2.24) is 0 Å². The molecular weight excluding hydrogens is 308 g/mol. The summed E-state index contributed by atoms with van der Waals surface area (Å²) in [5.41, 5.74) is 2.22. The van der Waals surface area contributed by atoms with E-state index in [4.69, 9.17) is 23.7 Å². The van der Waals surface area contributed by atoms with Crippen LogP contribution in [0.1, 0.15) is 11.1 Å². The molecule has 5 heteroatoms. The van der Waals surface area contributed by atoms with Gasteiger partial charge in [-0.05, 0) is 17.7 Å². The quantitative estimate of drug-likeness (QED) is 0.813. The zero-order chi connectivity index (χ0) is 17.1. The highest BCUT2D eigenvalue weighted by atomic mass is 16.5. The molecule has 3 rings (SSSR count). The van der Waals surface area contributed by atoms with Gasteiger partial charge in [-0.15, -0.1) is 0 Å². The molecular formula is C19H22O5. The fraction of sp³-hybridized carbons (Fsp3) is 0.368. The fourth-order valence-electron chi connectivity index (χ4n) is 3.04. The number of fused-ring (bicyclic) bond motifs is 1. The minimum atomic E-state index is 0.0547. The van der Waals surface area contributed by atoms with Crippen LogP contribution in [0.15, 0.2) is 30.3 Å². The second-order valence-electron chi connectivity index (χ2n) is 5.64. The average molecular weight is 330 g/mol. The summed E-state index contributed by atoms with van der Waals surface area (Å²) in [4.78, 5) is 0. The van der Waals surface area contributed by atoms with Crippen molar-refractivity contribution in [3.05, 3.63) is 41.5 Å². The molecule has 0 radical (unpaired) electrons. The summed E-state index contributed by atoms with van der Waals surface area (Å²) in [5, 5.41) is 0. The van der Waals surface area contributed by atoms with E-state index in [0.717, 1.165) is 52.7 Å². The van der Waals surface area contributed by atoms with Gasteiger partial charge < -0.3 is 23.7 Å². The maximum absolute atomic E-state index is 6.09. The van der Waals surface area contributed by atoms with Gasteiger partial charge >= 0.3 is 0 Å². The van der Waals surface area contributed by atoms with Crippen LogP contribution in [0.5, 0.6) is 28.7 Å². The SMILES string of the molecule is COc1cc(OC)c2c(c1)OC(Cc1ccc(OC)c(OC)c1)C2. The number of rotatable bonds is 6. The third kappa shape index (κ3) is 3.07. The maximum Gasteiger partial charge on any atom is 0.160 e. The third-order valence-corrected chi connectivity index (χ3v) is 4.23. The number of hydrogen-bond donors (Lipinski definition) is 0. The van der Waals surface area contributed by atoms with Crippen molar-refractivity contribution in [2.75, 3.05) is 28.4 Å². The number of benzene rings is 2. The molecule has 2 aromatic carbocycles. The molecule has 0 aliphatic carbocycles. The van der Waals surface area contributed by atoms with Gasteiger partial charge in [0.1, 0.15) is 23.4 Å². The molecule has 0 bridgehead atoms. The van der Waals surface area contributed by atoms with E-state index >= 15 is 0 Å². The molecule has 0 amide bonds. The van der Waals surface area contributed by atoms with Crippen molar-refractivity contribution in [3.8, 4) is 28.7 Å². The lowest BCUT2D eigenvalue weighted by Crippen LogP contribution is -2.16. The Morgan fingerprint density at radius 1 is 0.875 bits per heavy atom. The third-order valence-electron chi connectivity index (χ3n) is 4.23. The van der Waals surface area contributed by atoms with Crippen molar-refractivity contribution in [1.29, 1.82) is 0 Å². The second-order valence-corrected chi connectivity index (χ2v) is 5.64. The van der Waals surface area contributed by atoms with E-state index in [-0.39, 0.29) is 6.10 Å². The lowest BCUT2D eigenvalue weighted by atomic mass is 10.0. The summed E-state index contributed by atoms with van der Waals surface area (Å²) in [7, 11) is 6.57. The van der Waals surface area contributed by atoms with Gasteiger partial charge in [0.05, 0.1) is 28.4 Å². The highest BCUT2D eigenvalue weighted by Crippen LogP contribution is 2.40. The molecule has 1 atom stereocenters. The van der Waals surface area contributed by atoms with Gasteiger partial charge in [0.15, 0.2) is 11.5 Å². The van der Waals surface area contributed by atoms with Crippen LogP contribution in [-0.2, 0) is 12.8 Å². The molecule has 0 saturated carbocycles. The smallest absolute Gasteiger partial charge is 0.160 e. The van der Waals surface area contributed by atoms with Crippen LogP contribution in [0.3, 0.4) is 0 Å². The van der Waals surface area contributed by atoms with Crippen molar-refractivity contribution in [3.63, 3.8) is 0 Å². The largest absolute Gasteiger partial charge is 0.496 e. The first kappa shape index (κ1) is 16.3. The molecule has 0 fully saturated rings. The van der Waals surface area contributed by atoms with E-state index in [1.807, 2.05) is 30.3 Å². The monoisotopic (exact) mass is 330 g/mol. The lowest BCUT2D eigenvalue weighted by molar-refractivity contribution is 0.232. The van der Waals surface area contributed by atoms with E-state index in [0.29, 0.717) is 0 Å². The summed E-state index contributed by atoms with van der Waals surface area (Å²) in [6.45, 7) is 0. The highest BCUT2D eigenvalue weighted by molar-refractivity contribution is 5.53. The first-order valence-corrected chi connectivity index (χ1v) is 7.81. The predicted molar refractivity (Wildman–Crippen MR) is 90.9 cm³/mol. The second kappa shape index (κ2) is 6.91. The van der Waals surface area contributed by atoms with Gasteiger partial charge in [0, 0.05) is 30.5 Å². The van der Waals surface area contributed by atoms with Crippen molar-refractivity contribution in [2.24, 2.45) is 0 Å². The zero-order valence-electron chi connectivity index (χ0n) is 14.4. The number of hydrogen-bond acceptors (Lipinski definition) is 5. The summed E-state index contributed by atoms with van der Waals surface area (Å²) in [6.07, 6.45) is 1.64. The van der Waals surface area contributed by atoms with Crippen LogP contribution in [0.25, 0.3) is 0 Å². The Balaban J connectivity index is 1.79. The van der Waals surface area contributed by atoms with E-state index in [1.165, 1.54) is 0 Å². The minimum Gasteiger partial charge on any atom is -0.496 e. The van der Waals surface area contributed by atoms with Crippen molar-refractivity contribution < 1.29 is 23.7 Å². The topological polar surface area (TPSA) is 46.2 Å². The van der Waals surface area contributed by atoms with E-state index in [9.17, 15) is 0 Å². The van der Waals surface area contributed by atoms with E-state index in [2.05, 4.69) is 0 Å². The molecule has 0 aromatic heterocycles. The van der Waals surface area contributed by atoms with Crippen LogP contribution in [0.2, 0.25) is 0 Å². The Labute approximate surface area is 142 Å². The maximum atomic E-state index is 6.09. The molecule has 5 nitrogen and oxygen atoms in total. The molecule has 128 valence electrons. The van der Waals surface area contributed by atoms with E-state index < -0.39 is 0 Å². The van der Waals surface area contributed by atoms with Crippen molar-refractivity contribution in [2.45, 2.75) is 18.9 Å². The van der Waals surface area contributed by atoms with Crippen LogP contribution >= 0.6 is 0 Å². The molecule has 0 spiro atoms. The van der Waals surface area contributed by atoms with Gasteiger partial charge in [-0.3, -0.25) is 0 Å². The fourth-order valence-corrected chi connectivity index (χ4v) is 3.04. The number of methoxy groups -OCH3 is 4. The van der Waals surface area contributed by atoms with Gasteiger partial charge in [-0.25, -0.2) is 0 Å².